The normalized spacial score (nSPS) is 13.9. The SMILES string of the molecule is Cc1ccc(-c2c3ccccc3c(-c3ccc(-c4c5ccccc5c(-c5cccc(-c6nc7ccccc7n6C6C=CC=CC6)c5)c5ccccc45)cc3)c3ccccc23)cc1. The summed E-state index contributed by atoms with van der Waals surface area (Å²) in [4.78, 5) is 5.26. The molecule has 0 aliphatic heterocycles. The maximum atomic E-state index is 5.26. The molecular weight excluding hydrogens is 749 g/mol. The summed E-state index contributed by atoms with van der Waals surface area (Å²) in [6, 6.07) is 71.8. The van der Waals surface area contributed by atoms with Gasteiger partial charge in [-0.05, 0) is 119 Å². The number of benzene rings is 10. The van der Waals surface area contributed by atoms with E-state index in [0.29, 0.717) is 0 Å². The fourth-order valence-corrected chi connectivity index (χ4v) is 10.2. The fraction of sp³-hybridized carbons (Fsp3) is 0.0500. The minimum atomic E-state index is 0.203. The van der Waals surface area contributed by atoms with Gasteiger partial charge in [-0.15, -0.1) is 0 Å². The van der Waals surface area contributed by atoms with Gasteiger partial charge in [0.15, 0.2) is 0 Å². The standard InChI is InChI=1S/C60H42N2/c1-39-30-32-40(33-31-39)56-46-20-5-7-22-48(46)57(49-23-8-6-21-47(49)56)41-34-36-42(37-35-41)58-50-24-9-11-26-52(50)59(53-27-12-10-25-51(53)58)43-16-15-17-44(38-43)60-61-54-28-13-14-29-55(54)62(60)45-18-3-2-4-19-45/h2-18,20-38,45H,19H2,1H3. The van der Waals surface area contributed by atoms with E-state index in [1.807, 2.05) is 0 Å². The lowest BCUT2D eigenvalue weighted by Gasteiger charge is -2.20. The van der Waals surface area contributed by atoms with E-state index in [1.54, 1.807) is 0 Å². The van der Waals surface area contributed by atoms with Crippen molar-refractivity contribution in [3.8, 4) is 55.9 Å². The summed E-state index contributed by atoms with van der Waals surface area (Å²) < 4.78 is 2.42. The van der Waals surface area contributed by atoms with Gasteiger partial charge in [-0.3, -0.25) is 0 Å². The van der Waals surface area contributed by atoms with Gasteiger partial charge in [-0.25, -0.2) is 4.98 Å². The molecule has 1 unspecified atom stereocenters. The van der Waals surface area contributed by atoms with E-state index in [9.17, 15) is 0 Å². The minimum Gasteiger partial charge on any atom is -0.317 e. The minimum absolute atomic E-state index is 0.203. The van der Waals surface area contributed by atoms with Crippen molar-refractivity contribution in [1.82, 2.24) is 9.55 Å². The summed E-state index contributed by atoms with van der Waals surface area (Å²) in [7, 11) is 0. The summed E-state index contributed by atoms with van der Waals surface area (Å²) >= 11 is 0. The first-order valence-electron chi connectivity index (χ1n) is 21.7. The zero-order valence-corrected chi connectivity index (χ0v) is 34.5. The number of aryl methyl sites for hydroxylation is 1. The van der Waals surface area contributed by atoms with Crippen molar-refractivity contribution in [1.29, 1.82) is 0 Å². The van der Waals surface area contributed by atoms with Gasteiger partial charge in [0.25, 0.3) is 0 Å². The Bertz CT molecular complexity index is 3490. The molecule has 0 saturated carbocycles. The van der Waals surface area contributed by atoms with Crippen LogP contribution < -0.4 is 0 Å². The Morgan fingerprint density at radius 3 is 1.29 bits per heavy atom. The molecule has 0 amide bonds. The Morgan fingerprint density at radius 1 is 0.403 bits per heavy atom. The van der Waals surface area contributed by atoms with Crippen molar-refractivity contribution in [3.05, 3.63) is 224 Å². The number of nitrogens with zero attached hydrogens (tertiary/aromatic N) is 2. The molecule has 2 heteroatoms. The lowest BCUT2D eigenvalue weighted by molar-refractivity contribution is 0.631. The Hall–Kier alpha value is -7.81. The predicted molar refractivity (Wildman–Crippen MR) is 264 cm³/mol. The van der Waals surface area contributed by atoms with Gasteiger partial charge >= 0.3 is 0 Å². The van der Waals surface area contributed by atoms with Crippen molar-refractivity contribution >= 4 is 54.1 Å². The first-order chi connectivity index (χ1) is 30.7. The first-order valence-corrected chi connectivity index (χ1v) is 21.7. The summed E-state index contributed by atoms with van der Waals surface area (Å²) in [6.45, 7) is 2.15. The molecule has 1 aromatic heterocycles. The number of para-hydroxylation sites is 2. The molecule has 10 aromatic carbocycles. The molecule has 12 rings (SSSR count). The highest BCUT2D eigenvalue weighted by Gasteiger charge is 2.22. The molecule has 1 aliphatic rings. The maximum absolute atomic E-state index is 5.26. The van der Waals surface area contributed by atoms with E-state index in [0.717, 1.165) is 28.8 Å². The highest BCUT2D eigenvalue weighted by molar-refractivity contribution is 6.23. The van der Waals surface area contributed by atoms with Crippen LogP contribution in [0, 0.1) is 6.92 Å². The lowest BCUT2D eigenvalue weighted by atomic mass is 9.84. The van der Waals surface area contributed by atoms with Crippen LogP contribution in [0.5, 0.6) is 0 Å². The number of rotatable bonds is 6. The summed E-state index contributed by atoms with van der Waals surface area (Å²) in [6.07, 6.45) is 9.78. The third-order valence-corrected chi connectivity index (χ3v) is 13.0. The number of fused-ring (bicyclic) bond motifs is 5. The molecule has 11 aromatic rings. The molecule has 2 nitrogen and oxygen atoms in total. The molecule has 1 heterocycles. The third kappa shape index (κ3) is 5.83. The van der Waals surface area contributed by atoms with E-state index in [1.165, 1.54) is 93.2 Å². The van der Waals surface area contributed by atoms with Crippen LogP contribution in [-0.4, -0.2) is 9.55 Å². The average Bonchev–Trinajstić information content (AvgIpc) is 3.73. The molecule has 0 bridgehead atoms. The Balaban J connectivity index is 1.02. The van der Waals surface area contributed by atoms with Crippen LogP contribution >= 0.6 is 0 Å². The lowest BCUT2D eigenvalue weighted by Crippen LogP contribution is -2.09. The zero-order chi connectivity index (χ0) is 41.1. The number of allylic oxidation sites excluding steroid dienone is 4. The van der Waals surface area contributed by atoms with Crippen LogP contribution in [0.3, 0.4) is 0 Å². The van der Waals surface area contributed by atoms with Crippen LogP contribution in [0.1, 0.15) is 18.0 Å². The number of aromatic nitrogens is 2. The molecular formula is C60H42N2. The molecule has 0 radical (unpaired) electrons. The smallest absolute Gasteiger partial charge is 0.141 e. The molecule has 0 N–H and O–H groups in total. The fourth-order valence-electron chi connectivity index (χ4n) is 10.2. The number of hydrogen-bond acceptors (Lipinski definition) is 1. The number of hydrogen-bond donors (Lipinski definition) is 0. The highest BCUT2D eigenvalue weighted by Crippen LogP contribution is 2.47. The van der Waals surface area contributed by atoms with Gasteiger partial charge in [0.1, 0.15) is 5.82 Å². The molecule has 0 fully saturated rings. The summed E-state index contributed by atoms with van der Waals surface area (Å²) in [5.41, 5.74) is 14.5. The van der Waals surface area contributed by atoms with Gasteiger partial charge in [0.2, 0.25) is 0 Å². The van der Waals surface area contributed by atoms with Gasteiger partial charge in [0, 0.05) is 5.56 Å². The van der Waals surface area contributed by atoms with Crippen LogP contribution in [0.15, 0.2) is 218 Å². The second-order valence-corrected chi connectivity index (χ2v) is 16.6. The Morgan fingerprint density at radius 2 is 0.823 bits per heavy atom. The van der Waals surface area contributed by atoms with Gasteiger partial charge < -0.3 is 4.57 Å². The maximum Gasteiger partial charge on any atom is 0.141 e. The molecule has 0 spiro atoms. The molecule has 1 atom stereocenters. The zero-order valence-electron chi connectivity index (χ0n) is 34.5. The van der Waals surface area contributed by atoms with Crippen molar-refractivity contribution in [2.75, 3.05) is 0 Å². The van der Waals surface area contributed by atoms with Gasteiger partial charge in [-0.2, -0.15) is 0 Å². The van der Waals surface area contributed by atoms with Crippen LogP contribution in [0.2, 0.25) is 0 Å². The summed E-state index contributed by atoms with van der Waals surface area (Å²) in [5.74, 6) is 0.994. The van der Waals surface area contributed by atoms with Crippen molar-refractivity contribution < 1.29 is 0 Å². The van der Waals surface area contributed by atoms with E-state index in [-0.39, 0.29) is 6.04 Å². The van der Waals surface area contributed by atoms with Crippen molar-refractivity contribution in [2.45, 2.75) is 19.4 Å². The topological polar surface area (TPSA) is 17.8 Å². The average molecular weight is 791 g/mol. The quantitative estimate of drug-likeness (QED) is 0.153. The van der Waals surface area contributed by atoms with E-state index < -0.39 is 0 Å². The molecule has 62 heavy (non-hydrogen) atoms. The first kappa shape index (κ1) is 36.1. The monoisotopic (exact) mass is 790 g/mol. The van der Waals surface area contributed by atoms with E-state index in [2.05, 4.69) is 230 Å². The van der Waals surface area contributed by atoms with Crippen molar-refractivity contribution in [3.63, 3.8) is 0 Å². The second-order valence-electron chi connectivity index (χ2n) is 16.6. The Kier molecular flexibility index (Phi) is 8.57. The van der Waals surface area contributed by atoms with Gasteiger partial charge in [-0.1, -0.05) is 206 Å². The van der Waals surface area contributed by atoms with Crippen LogP contribution in [-0.2, 0) is 0 Å². The predicted octanol–water partition coefficient (Wildman–Crippen LogP) is 16.3. The molecule has 1 aliphatic carbocycles. The highest BCUT2D eigenvalue weighted by atomic mass is 15.1. The van der Waals surface area contributed by atoms with E-state index in [4.69, 9.17) is 4.98 Å². The largest absolute Gasteiger partial charge is 0.317 e. The van der Waals surface area contributed by atoms with Crippen molar-refractivity contribution in [2.24, 2.45) is 0 Å². The summed E-state index contributed by atoms with van der Waals surface area (Å²) in [5, 5.41) is 10.0. The second kappa shape index (κ2) is 14.7. The molecule has 0 saturated heterocycles. The van der Waals surface area contributed by atoms with Gasteiger partial charge in [0.05, 0.1) is 17.1 Å². The Labute approximate surface area is 361 Å². The van der Waals surface area contributed by atoms with Crippen LogP contribution in [0.25, 0.3) is 110 Å². The number of imidazole rings is 1. The van der Waals surface area contributed by atoms with Crippen LogP contribution in [0.4, 0.5) is 0 Å². The third-order valence-electron chi connectivity index (χ3n) is 13.0. The molecule has 292 valence electrons. The van der Waals surface area contributed by atoms with E-state index >= 15 is 0 Å².